The van der Waals surface area contributed by atoms with Gasteiger partial charge in [0.15, 0.2) is 5.17 Å². The number of para-hydroxylation sites is 1. The number of hydrogen-bond donors (Lipinski definition) is 1. The van der Waals surface area contributed by atoms with Crippen molar-refractivity contribution in [3.05, 3.63) is 54.6 Å². The van der Waals surface area contributed by atoms with E-state index in [1.165, 1.54) is 0 Å². The Labute approximate surface area is 131 Å². The summed E-state index contributed by atoms with van der Waals surface area (Å²) in [7, 11) is 0. The number of aliphatic imine (C=N–C) groups is 2. The Bertz CT molecular complexity index is 720. The standard InChI is InChI=1S/C16H13N3O2S/c20-14(17-11-6-2-1-3-7-11)10-22-16-18-13-9-5-4-8-12(13)15(21)19-16/h1-9,12H,10H2,(H,17,20). The van der Waals surface area contributed by atoms with Crippen molar-refractivity contribution in [2.24, 2.45) is 15.9 Å². The van der Waals surface area contributed by atoms with Crippen LogP contribution in [0.15, 0.2) is 64.6 Å². The van der Waals surface area contributed by atoms with Crippen molar-refractivity contribution in [2.75, 3.05) is 11.1 Å². The molecule has 1 N–H and O–H groups in total. The van der Waals surface area contributed by atoms with E-state index in [2.05, 4.69) is 15.3 Å². The largest absolute Gasteiger partial charge is 0.325 e. The number of nitrogens with one attached hydrogen (secondary N) is 1. The zero-order valence-electron chi connectivity index (χ0n) is 11.6. The van der Waals surface area contributed by atoms with E-state index in [0.717, 1.165) is 17.4 Å². The first-order chi connectivity index (χ1) is 10.7. The molecule has 2 amide bonds. The lowest BCUT2D eigenvalue weighted by atomic mass is 9.97. The molecular weight excluding hydrogens is 298 g/mol. The lowest BCUT2D eigenvalue weighted by molar-refractivity contribution is -0.118. The molecule has 0 saturated carbocycles. The third-order valence-corrected chi connectivity index (χ3v) is 3.93. The van der Waals surface area contributed by atoms with E-state index in [1.807, 2.05) is 42.5 Å². The van der Waals surface area contributed by atoms with Crippen molar-refractivity contribution >= 4 is 40.1 Å². The van der Waals surface area contributed by atoms with Gasteiger partial charge in [-0.05, 0) is 18.2 Å². The van der Waals surface area contributed by atoms with Gasteiger partial charge in [0.05, 0.1) is 11.5 Å². The quantitative estimate of drug-likeness (QED) is 0.932. The van der Waals surface area contributed by atoms with Crippen molar-refractivity contribution in [2.45, 2.75) is 0 Å². The van der Waals surface area contributed by atoms with Gasteiger partial charge in [0.25, 0.3) is 5.91 Å². The van der Waals surface area contributed by atoms with Crippen LogP contribution in [0.5, 0.6) is 0 Å². The van der Waals surface area contributed by atoms with Crippen molar-refractivity contribution in [1.29, 1.82) is 0 Å². The molecule has 0 bridgehead atoms. The Morgan fingerprint density at radius 3 is 2.82 bits per heavy atom. The number of amides is 2. The summed E-state index contributed by atoms with van der Waals surface area (Å²) in [6.07, 6.45) is 7.21. The maximum atomic E-state index is 11.9. The number of rotatable bonds is 3. The Morgan fingerprint density at radius 1 is 1.18 bits per heavy atom. The second kappa shape index (κ2) is 6.53. The van der Waals surface area contributed by atoms with Crippen LogP contribution >= 0.6 is 11.8 Å². The summed E-state index contributed by atoms with van der Waals surface area (Å²) < 4.78 is 0. The number of benzene rings is 1. The van der Waals surface area contributed by atoms with Gasteiger partial charge in [0.1, 0.15) is 5.92 Å². The Balaban J connectivity index is 1.59. The van der Waals surface area contributed by atoms with Gasteiger partial charge in [0, 0.05) is 5.69 Å². The average molecular weight is 311 g/mol. The van der Waals surface area contributed by atoms with E-state index in [0.29, 0.717) is 10.9 Å². The predicted octanol–water partition coefficient (Wildman–Crippen LogP) is 2.44. The molecule has 1 aromatic rings. The predicted molar refractivity (Wildman–Crippen MR) is 89.2 cm³/mol. The lowest BCUT2D eigenvalue weighted by Crippen LogP contribution is -2.26. The number of hydrogen-bond acceptors (Lipinski definition) is 4. The zero-order valence-corrected chi connectivity index (χ0v) is 12.4. The molecule has 22 heavy (non-hydrogen) atoms. The van der Waals surface area contributed by atoms with Gasteiger partial charge in [-0.15, -0.1) is 0 Å². The minimum absolute atomic E-state index is 0.155. The topological polar surface area (TPSA) is 70.9 Å². The van der Waals surface area contributed by atoms with Crippen molar-refractivity contribution in [3.8, 4) is 0 Å². The van der Waals surface area contributed by atoms with E-state index in [4.69, 9.17) is 0 Å². The van der Waals surface area contributed by atoms with Gasteiger partial charge in [-0.1, -0.05) is 48.2 Å². The third kappa shape index (κ3) is 3.40. The van der Waals surface area contributed by atoms with E-state index in [9.17, 15) is 9.59 Å². The van der Waals surface area contributed by atoms with Crippen LogP contribution in [0.2, 0.25) is 0 Å². The minimum Gasteiger partial charge on any atom is -0.325 e. The van der Waals surface area contributed by atoms with Crippen LogP contribution in [0.4, 0.5) is 5.69 Å². The fourth-order valence-corrected chi connectivity index (χ4v) is 2.72. The number of carbonyl (C=O) groups is 2. The molecular formula is C16H13N3O2S. The highest BCUT2D eigenvalue weighted by Crippen LogP contribution is 2.20. The number of thioether (sulfide) groups is 1. The van der Waals surface area contributed by atoms with Crippen LogP contribution in [-0.2, 0) is 9.59 Å². The van der Waals surface area contributed by atoms with Crippen LogP contribution in [0.1, 0.15) is 0 Å². The molecule has 0 aromatic heterocycles. The van der Waals surface area contributed by atoms with E-state index in [1.54, 1.807) is 12.2 Å². The normalized spacial score (nSPS) is 19.3. The van der Waals surface area contributed by atoms with Crippen LogP contribution < -0.4 is 5.32 Å². The number of anilines is 1. The van der Waals surface area contributed by atoms with Gasteiger partial charge < -0.3 is 5.32 Å². The first-order valence-electron chi connectivity index (χ1n) is 6.76. The number of allylic oxidation sites excluding steroid dienone is 3. The molecule has 3 rings (SSSR count). The van der Waals surface area contributed by atoms with Crippen LogP contribution in [0, 0.1) is 5.92 Å². The van der Waals surface area contributed by atoms with Crippen molar-refractivity contribution in [3.63, 3.8) is 0 Å². The molecule has 5 nitrogen and oxygen atoms in total. The summed E-state index contributed by atoms with van der Waals surface area (Å²) in [5.74, 6) is -0.626. The molecule has 1 aliphatic heterocycles. The fourth-order valence-electron chi connectivity index (χ4n) is 2.06. The van der Waals surface area contributed by atoms with E-state index in [-0.39, 0.29) is 23.5 Å². The molecule has 2 aliphatic rings. The first kappa shape index (κ1) is 14.5. The minimum atomic E-state index is -0.382. The van der Waals surface area contributed by atoms with Gasteiger partial charge >= 0.3 is 0 Å². The molecule has 0 radical (unpaired) electrons. The molecule has 1 unspecified atom stereocenters. The van der Waals surface area contributed by atoms with Gasteiger partial charge in [0.2, 0.25) is 5.91 Å². The summed E-state index contributed by atoms with van der Waals surface area (Å²) >= 11 is 1.16. The zero-order chi connectivity index (χ0) is 15.4. The molecule has 110 valence electrons. The van der Waals surface area contributed by atoms with Gasteiger partial charge in [-0.25, -0.2) is 4.99 Å². The van der Waals surface area contributed by atoms with Gasteiger partial charge in [-0.3, -0.25) is 9.59 Å². The van der Waals surface area contributed by atoms with Crippen molar-refractivity contribution < 1.29 is 9.59 Å². The third-order valence-electron chi connectivity index (χ3n) is 3.09. The summed E-state index contributed by atoms with van der Waals surface area (Å²) in [5.41, 5.74) is 1.41. The maximum Gasteiger partial charge on any atom is 0.261 e. The first-order valence-corrected chi connectivity index (χ1v) is 7.74. The average Bonchev–Trinajstić information content (AvgIpc) is 2.54. The lowest BCUT2D eigenvalue weighted by Gasteiger charge is -2.17. The molecule has 1 aliphatic carbocycles. The Kier molecular flexibility index (Phi) is 4.29. The highest BCUT2D eigenvalue weighted by molar-refractivity contribution is 8.14. The number of carbonyl (C=O) groups excluding carboxylic acids is 2. The summed E-state index contributed by atoms with van der Waals surface area (Å²) in [6, 6.07) is 9.21. The molecule has 6 heteroatoms. The summed E-state index contributed by atoms with van der Waals surface area (Å²) in [5, 5.41) is 3.11. The molecule has 0 fully saturated rings. The molecule has 0 spiro atoms. The molecule has 1 atom stereocenters. The highest BCUT2D eigenvalue weighted by Gasteiger charge is 2.26. The van der Waals surface area contributed by atoms with Crippen LogP contribution in [0.25, 0.3) is 0 Å². The van der Waals surface area contributed by atoms with Gasteiger partial charge in [-0.2, -0.15) is 4.99 Å². The molecule has 1 heterocycles. The van der Waals surface area contributed by atoms with Crippen LogP contribution in [-0.4, -0.2) is 28.4 Å². The van der Waals surface area contributed by atoms with E-state index >= 15 is 0 Å². The Morgan fingerprint density at radius 2 is 2.00 bits per heavy atom. The molecule has 0 saturated heterocycles. The maximum absolute atomic E-state index is 11.9. The Hall–Kier alpha value is -2.47. The second-order valence-corrected chi connectivity index (χ2v) is 5.64. The van der Waals surface area contributed by atoms with E-state index < -0.39 is 0 Å². The number of amidine groups is 1. The second-order valence-electron chi connectivity index (χ2n) is 4.69. The molecule has 1 aromatic carbocycles. The fraction of sp³-hybridized carbons (Fsp3) is 0.125. The number of fused-ring (bicyclic) bond motifs is 1. The van der Waals surface area contributed by atoms with Crippen LogP contribution in [0.3, 0.4) is 0 Å². The number of nitrogens with zero attached hydrogens (tertiary/aromatic N) is 2. The summed E-state index contributed by atoms with van der Waals surface area (Å²) in [4.78, 5) is 32.0. The summed E-state index contributed by atoms with van der Waals surface area (Å²) in [6.45, 7) is 0. The van der Waals surface area contributed by atoms with Crippen molar-refractivity contribution in [1.82, 2.24) is 0 Å². The smallest absolute Gasteiger partial charge is 0.261 e. The highest BCUT2D eigenvalue weighted by atomic mass is 32.2. The monoisotopic (exact) mass is 311 g/mol. The SMILES string of the molecule is O=C(CSC1=NC(=O)C2C=CC=CC2=N1)Nc1ccccc1.